The fourth-order valence-electron chi connectivity index (χ4n) is 4.03. The van der Waals surface area contributed by atoms with Crippen molar-refractivity contribution < 1.29 is 4.79 Å². The van der Waals surface area contributed by atoms with E-state index in [1.807, 2.05) is 43.3 Å². The van der Waals surface area contributed by atoms with E-state index in [0.717, 1.165) is 50.0 Å². The normalized spacial score (nSPS) is 16.6. The number of amides is 1. The number of aryl methyl sites for hydroxylation is 1. The number of carbonyl (C=O) groups excluding carboxylic acids is 1. The van der Waals surface area contributed by atoms with Crippen LogP contribution < -0.4 is 5.32 Å². The summed E-state index contributed by atoms with van der Waals surface area (Å²) >= 11 is 12.2. The van der Waals surface area contributed by atoms with Crippen LogP contribution >= 0.6 is 23.2 Å². The molecule has 1 amide bonds. The van der Waals surface area contributed by atoms with Gasteiger partial charge >= 0.3 is 0 Å². The lowest BCUT2D eigenvalue weighted by Crippen LogP contribution is -2.48. The third kappa shape index (κ3) is 6.47. The molecule has 0 aromatic heterocycles. The van der Waals surface area contributed by atoms with Gasteiger partial charge in [0.15, 0.2) is 0 Å². The zero-order valence-corrected chi connectivity index (χ0v) is 19.6. The maximum atomic E-state index is 12.7. The molecular formula is C25H32Cl2N2O. The molecule has 1 fully saturated rings. The molecule has 2 aromatic carbocycles. The van der Waals surface area contributed by atoms with E-state index in [9.17, 15) is 4.79 Å². The van der Waals surface area contributed by atoms with E-state index in [1.54, 1.807) is 0 Å². The molecule has 1 saturated heterocycles. The second-order valence-corrected chi connectivity index (χ2v) is 9.70. The van der Waals surface area contributed by atoms with Gasteiger partial charge in [0.05, 0.1) is 10.0 Å². The molecule has 0 spiro atoms. The van der Waals surface area contributed by atoms with Crippen LogP contribution in [0.4, 0.5) is 0 Å². The molecule has 0 bridgehead atoms. The fourth-order valence-corrected chi connectivity index (χ4v) is 4.35. The summed E-state index contributed by atoms with van der Waals surface area (Å²) in [6.07, 6.45) is 3.37. The highest BCUT2D eigenvalue weighted by Crippen LogP contribution is 2.27. The standard InChI is InChI=1S/C25H32Cl2N2O/c1-17(2)24(28-25(30)21-7-4-18(3)5-8-21)16-29-12-10-19(11-13-29)14-20-6-9-22(26)23(27)15-20/h4-9,15,17,19,24H,10-14,16H2,1-3H3,(H,28,30). The molecular weight excluding hydrogens is 415 g/mol. The van der Waals surface area contributed by atoms with E-state index in [1.165, 1.54) is 5.56 Å². The average Bonchev–Trinajstić information content (AvgIpc) is 2.72. The number of piperidine rings is 1. The van der Waals surface area contributed by atoms with Crippen molar-refractivity contribution in [3.8, 4) is 0 Å². The largest absolute Gasteiger partial charge is 0.348 e. The van der Waals surface area contributed by atoms with E-state index in [0.29, 0.717) is 21.9 Å². The Balaban J connectivity index is 1.50. The smallest absolute Gasteiger partial charge is 0.251 e. The Hall–Kier alpha value is -1.55. The number of likely N-dealkylation sites (tertiary alicyclic amines) is 1. The van der Waals surface area contributed by atoms with Crippen LogP contribution in [0.3, 0.4) is 0 Å². The second kappa shape index (κ2) is 10.7. The monoisotopic (exact) mass is 446 g/mol. The van der Waals surface area contributed by atoms with Crippen molar-refractivity contribution >= 4 is 29.1 Å². The molecule has 5 heteroatoms. The summed E-state index contributed by atoms with van der Waals surface area (Å²) in [5, 5.41) is 4.50. The first-order valence-corrected chi connectivity index (χ1v) is 11.6. The number of rotatable bonds is 7. The third-order valence-corrected chi connectivity index (χ3v) is 6.84. The third-order valence-electron chi connectivity index (χ3n) is 6.11. The Morgan fingerprint density at radius 2 is 1.73 bits per heavy atom. The Labute approximate surface area is 190 Å². The van der Waals surface area contributed by atoms with Crippen LogP contribution in [0, 0.1) is 18.8 Å². The molecule has 3 nitrogen and oxygen atoms in total. The highest BCUT2D eigenvalue weighted by Gasteiger charge is 2.24. The molecule has 3 rings (SSSR count). The quantitative estimate of drug-likeness (QED) is 0.564. The number of hydrogen-bond acceptors (Lipinski definition) is 2. The first-order chi connectivity index (χ1) is 14.3. The summed E-state index contributed by atoms with van der Waals surface area (Å²) in [4.78, 5) is 15.2. The van der Waals surface area contributed by atoms with Gasteiger partial charge in [0.2, 0.25) is 0 Å². The van der Waals surface area contributed by atoms with Gasteiger partial charge in [-0.25, -0.2) is 0 Å². The molecule has 0 radical (unpaired) electrons. The van der Waals surface area contributed by atoms with E-state index in [-0.39, 0.29) is 11.9 Å². The van der Waals surface area contributed by atoms with E-state index >= 15 is 0 Å². The Kier molecular flexibility index (Phi) is 8.21. The molecule has 162 valence electrons. The van der Waals surface area contributed by atoms with Gasteiger partial charge in [0, 0.05) is 18.2 Å². The molecule has 0 saturated carbocycles. The maximum Gasteiger partial charge on any atom is 0.251 e. The van der Waals surface area contributed by atoms with Crippen LogP contribution in [0.15, 0.2) is 42.5 Å². The van der Waals surface area contributed by atoms with E-state index in [4.69, 9.17) is 23.2 Å². The Bertz CT molecular complexity index is 843. The minimum atomic E-state index is 0.0169. The summed E-state index contributed by atoms with van der Waals surface area (Å²) in [5.41, 5.74) is 3.15. The SMILES string of the molecule is Cc1ccc(C(=O)NC(CN2CCC(Cc3ccc(Cl)c(Cl)c3)CC2)C(C)C)cc1. The Morgan fingerprint density at radius 3 is 2.33 bits per heavy atom. The van der Waals surface area contributed by atoms with E-state index < -0.39 is 0 Å². The van der Waals surface area contributed by atoms with Crippen LogP contribution in [0.1, 0.15) is 48.2 Å². The van der Waals surface area contributed by atoms with Gasteiger partial charge in [-0.3, -0.25) is 4.79 Å². The van der Waals surface area contributed by atoms with Crippen molar-refractivity contribution in [3.05, 3.63) is 69.2 Å². The molecule has 1 aliphatic heterocycles. The van der Waals surface area contributed by atoms with Crippen molar-refractivity contribution in [2.75, 3.05) is 19.6 Å². The minimum absolute atomic E-state index is 0.0169. The minimum Gasteiger partial charge on any atom is -0.348 e. The molecule has 0 aliphatic carbocycles. The molecule has 1 atom stereocenters. The van der Waals surface area contributed by atoms with Crippen LogP contribution in [0.2, 0.25) is 10.0 Å². The number of benzene rings is 2. The van der Waals surface area contributed by atoms with Gasteiger partial charge < -0.3 is 10.2 Å². The Morgan fingerprint density at radius 1 is 1.07 bits per heavy atom. The van der Waals surface area contributed by atoms with Crippen LogP contribution in [-0.4, -0.2) is 36.5 Å². The van der Waals surface area contributed by atoms with Gasteiger partial charge in [-0.05, 0) is 80.9 Å². The summed E-state index contributed by atoms with van der Waals surface area (Å²) in [6.45, 7) is 9.41. The number of hydrogen-bond donors (Lipinski definition) is 1. The number of carbonyl (C=O) groups is 1. The lowest BCUT2D eigenvalue weighted by molar-refractivity contribution is 0.0893. The van der Waals surface area contributed by atoms with Crippen LogP contribution in [0.25, 0.3) is 0 Å². The summed E-state index contributed by atoms with van der Waals surface area (Å²) in [6, 6.07) is 13.9. The average molecular weight is 447 g/mol. The van der Waals surface area contributed by atoms with Gasteiger partial charge in [0.25, 0.3) is 5.91 Å². The van der Waals surface area contributed by atoms with Crippen molar-refractivity contribution in [2.45, 2.75) is 46.1 Å². The van der Waals surface area contributed by atoms with Gasteiger partial charge in [-0.2, -0.15) is 0 Å². The van der Waals surface area contributed by atoms with Crippen molar-refractivity contribution in [1.82, 2.24) is 10.2 Å². The van der Waals surface area contributed by atoms with Gasteiger partial charge in [0.1, 0.15) is 0 Å². The van der Waals surface area contributed by atoms with Crippen molar-refractivity contribution in [1.29, 1.82) is 0 Å². The molecule has 1 heterocycles. The second-order valence-electron chi connectivity index (χ2n) is 8.89. The fraction of sp³-hybridized carbons (Fsp3) is 0.480. The zero-order valence-electron chi connectivity index (χ0n) is 18.1. The summed E-state index contributed by atoms with van der Waals surface area (Å²) in [7, 11) is 0. The number of nitrogens with one attached hydrogen (secondary N) is 1. The summed E-state index contributed by atoms with van der Waals surface area (Å²) in [5.74, 6) is 1.06. The molecule has 2 aromatic rings. The number of halogens is 2. The van der Waals surface area contributed by atoms with E-state index in [2.05, 4.69) is 30.1 Å². The first kappa shape index (κ1) is 23.1. The first-order valence-electron chi connectivity index (χ1n) is 10.9. The van der Waals surface area contributed by atoms with Gasteiger partial charge in [-0.15, -0.1) is 0 Å². The molecule has 1 N–H and O–H groups in total. The maximum absolute atomic E-state index is 12.7. The predicted molar refractivity (Wildman–Crippen MR) is 127 cm³/mol. The highest BCUT2D eigenvalue weighted by atomic mass is 35.5. The van der Waals surface area contributed by atoms with Crippen molar-refractivity contribution in [2.24, 2.45) is 11.8 Å². The zero-order chi connectivity index (χ0) is 21.7. The van der Waals surface area contributed by atoms with Crippen molar-refractivity contribution in [3.63, 3.8) is 0 Å². The van der Waals surface area contributed by atoms with Gasteiger partial charge in [-0.1, -0.05) is 60.8 Å². The lowest BCUT2D eigenvalue weighted by atomic mass is 9.89. The van der Waals surface area contributed by atoms with Crippen LogP contribution in [-0.2, 0) is 6.42 Å². The summed E-state index contributed by atoms with van der Waals surface area (Å²) < 4.78 is 0. The molecule has 1 unspecified atom stereocenters. The number of nitrogens with zero attached hydrogens (tertiary/aromatic N) is 1. The predicted octanol–water partition coefficient (Wildman–Crippen LogP) is 6.01. The highest BCUT2D eigenvalue weighted by molar-refractivity contribution is 6.42. The van der Waals surface area contributed by atoms with Crippen LogP contribution in [0.5, 0.6) is 0 Å². The lowest BCUT2D eigenvalue weighted by Gasteiger charge is -2.35. The molecule has 1 aliphatic rings. The molecule has 30 heavy (non-hydrogen) atoms. The topological polar surface area (TPSA) is 32.3 Å².